The van der Waals surface area contributed by atoms with Crippen LogP contribution in [0.1, 0.15) is 11.1 Å². The van der Waals surface area contributed by atoms with Crippen LogP contribution in [0.5, 0.6) is 5.75 Å². The summed E-state index contributed by atoms with van der Waals surface area (Å²) in [6.07, 6.45) is 3.08. The fraction of sp³-hybridized carbons (Fsp3) is 0.105. The number of carbonyl (C=O) groups excluding carboxylic acids is 2. The summed E-state index contributed by atoms with van der Waals surface area (Å²) < 4.78 is 5.36. The largest absolute Gasteiger partial charge is 0.490 e. The highest BCUT2D eigenvalue weighted by molar-refractivity contribution is 6.40. The van der Waals surface area contributed by atoms with Crippen molar-refractivity contribution in [1.82, 2.24) is 5.43 Å². The Balaban J connectivity index is 1.89. The lowest BCUT2D eigenvalue weighted by Gasteiger charge is -2.08. The Labute approximate surface area is 156 Å². The van der Waals surface area contributed by atoms with Crippen molar-refractivity contribution in [3.63, 3.8) is 0 Å². The van der Waals surface area contributed by atoms with Gasteiger partial charge in [0.15, 0.2) is 0 Å². The quantitative estimate of drug-likeness (QED) is 0.354. The first-order valence-corrected chi connectivity index (χ1v) is 8.12. The normalized spacial score (nSPS) is 10.4. The highest BCUT2D eigenvalue weighted by Crippen LogP contribution is 2.22. The molecule has 0 radical (unpaired) electrons. The molecule has 0 aliphatic carbocycles. The number of carbonyl (C=O) groups is 2. The lowest BCUT2D eigenvalue weighted by atomic mass is 10.2. The van der Waals surface area contributed by atoms with Gasteiger partial charge in [-0.1, -0.05) is 30.3 Å². The van der Waals surface area contributed by atoms with Crippen molar-refractivity contribution in [2.75, 3.05) is 11.9 Å². The number of hydrazone groups is 1. The van der Waals surface area contributed by atoms with Crippen molar-refractivity contribution in [3.8, 4) is 5.75 Å². The van der Waals surface area contributed by atoms with E-state index in [2.05, 4.69) is 22.4 Å². The van der Waals surface area contributed by atoms with E-state index in [9.17, 15) is 9.59 Å². The molecule has 0 aromatic heterocycles. The fourth-order valence-electron chi connectivity index (χ4n) is 1.94. The fourth-order valence-corrected chi connectivity index (χ4v) is 2.12. The average molecular weight is 372 g/mol. The van der Waals surface area contributed by atoms with Crippen LogP contribution in [0.4, 0.5) is 5.69 Å². The minimum Gasteiger partial charge on any atom is -0.490 e. The first-order chi connectivity index (χ1) is 12.5. The number of halogens is 1. The summed E-state index contributed by atoms with van der Waals surface area (Å²) in [7, 11) is 0. The summed E-state index contributed by atoms with van der Waals surface area (Å²) in [6.45, 7) is 5.74. The minimum atomic E-state index is -0.883. The van der Waals surface area contributed by atoms with Crippen LogP contribution in [0.15, 0.2) is 60.2 Å². The first-order valence-electron chi connectivity index (χ1n) is 7.74. The second-order valence-electron chi connectivity index (χ2n) is 5.23. The van der Waals surface area contributed by atoms with Crippen LogP contribution in [-0.2, 0) is 9.59 Å². The second kappa shape index (κ2) is 9.39. The number of hydrogen-bond acceptors (Lipinski definition) is 4. The zero-order valence-corrected chi connectivity index (χ0v) is 14.9. The number of nitrogens with one attached hydrogen (secondary N) is 2. The van der Waals surface area contributed by atoms with Gasteiger partial charge < -0.3 is 10.1 Å². The Morgan fingerprint density at radius 3 is 2.62 bits per heavy atom. The van der Waals surface area contributed by atoms with Gasteiger partial charge in [-0.3, -0.25) is 9.59 Å². The number of amides is 2. The molecular formula is C19H18ClN3O3. The summed E-state index contributed by atoms with van der Waals surface area (Å²) in [5, 5.41) is 6.76. The van der Waals surface area contributed by atoms with Crippen LogP contribution in [0.3, 0.4) is 0 Å². The smallest absolute Gasteiger partial charge is 0.329 e. The molecule has 0 unspecified atom stereocenters. The molecule has 0 saturated carbocycles. The van der Waals surface area contributed by atoms with Crippen molar-refractivity contribution < 1.29 is 14.3 Å². The van der Waals surface area contributed by atoms with Gasteiger partial charge in [-0.25, -0.2) is 5.43 Å². The molecule has 0 spiro atoms. The zero-order valence-electron chi connectivity index (χ0n) is 14.2. The lowest BCUT2D eigenvalue weighted by molar-refractivity contribution is -0.136. The first kappa shape index (κ1) is 19.2. The molecule has 2 aromatic rings. The zero-order chi connectivity index (χ0) is 18.9. The molecule has 0 heterocycles. The highest BCUT2D eigenvalue weighted by atomic mass is 35.5. The van der Waals surface area contributed by atoms with Crippen LogP contribution < -0.4 is 15.5 Å². The van der Waals surface area contributed by atoms with Crippen LogP contribution in [0.25, 0.3) is 0 Å². The lowest BCUT2D eigenvalue weighted by Crippen LogP contribution is -2.32. The van der Waals surface area contributed by atoms with Gasteiger partial charge >= 0.3 is 11.8 Å². The van der Waals surface area contributed by atoms with E-state index >= 15 is 0 Å². The van der Waals surface area contributed by atoms with Crippen LogP contribution in [0.2, 0.25) is 5.02 Å². The van der Waals surface area contributed by atoms with Crippen LogP contribution in [0, 0.1) is 6.92 Å². The van der Waals surface area contributed by atoms with E-state index in [0.29, 0.717) is 28.6 Å². The summed E-state index contributed by atoms with van der Waals surface area (Å²) >= 11 is 5.98. The van der Waals surface area contributed by atoms with E-state index in [-0.39, 0.29) is 0 Å². The van der Waals surface area contributed by atoms with Crippen LogP contribution >= 0.6 is 11.6 Å². The van der Waals surface area contributed by atoms with Crippen molar-refractivity contribution in [1.29, 1.82) is 0 Å². The molecule has 0 fully saturated rings. The number of rotatable bonds is 6. The number of anilines is 1. The molecule has 0 saturated heterocycles. The van der Waals surface area contributed by atoms with Gasteiger partial charge in [0.05, 0.1) is 6.21 Å². The van der Waals surface area contributed by atoms with Gasteiger partial charge in [-0.15, -0.1) is 0 Å². The molecule has 0 atom stereocenters. The molecule has 2 rings (SSSR count). The number of hydrogen-bond donors (Lipinski definition) is 2. The predicted octanol–water partition coefficient (Wildman–Crippen LogP) is 3.30. The Morgan fingerprint density at radius 2 is 1.92 bits per heavy atom. The van der Waals surface area contributed by atoms with Gasteiger partial charge in [0.2, 0.25) is 0 Å². The maximum Gasteiger partial charge on any atom is 0.329 e. The van der Waals surface area contributed by atoms with Crippen molar-refractivity contribution in [2.45, 2.75) is 6.92 Å². The van der Waals surface area contributed by atoms with E-state index in [1.807, 2.05) is 0 Å². The van der Waals surface area contributed by atoms with E-state index < -0.39 is 11.8 Å². The molecule has 2 amide bonds. The third kappa shape index (κ3) is 5.46. The molecule has 0 aliphatic rings. The van der Waals surface area contributed by atoms with E-state index in [1.165, 1.54) is 6.21 Å². The molecule has 6 nitrogen and oxygen atoms in total. The molecule has 134 valence electrons. The molecule has 26 heavy (non-hydrogen) atoms. The Morgan fingerprint density at radius 1 is 1.19 bits per heavy atom. The number of nitrogens with zero attached hydrogens (tertiary/aromatic N) is 1. The summed E-state index contributed by atoms with van der Waals surface area (Å²) in [6, 6.07) is 12.1. The number of benzene rings is 2. The molecule has 0 bridgehead atoms. The standard InChI is InChI=1S/C19H18ClN3O3/c1-3-11-26-15-9-7-14(8-10-15)12-21-23-19(25)18(24)22-17-6-4-5-16(20)13(17)2/h3-10,12H,1,11H2,2H3,(H,22,24)(H,23,25). The SMILES string of the molecule is C=CCOc1ccc(C=NNC(=O)C(=O)Nc2cccc(Cl)c2C)cc1. The second-order valence-corrected chi connectivity index (χ2v) is 5.64. The maximum atomic E-state index is 11.9. The summed E-state index contributed by atoms with van der Waals surface area (Å²) in [5.74, 6) is -1.02. The monoisotopic (exact) mass is 371 g/mol. The van der Waals surface area contributed by atoms with E-state index in [0.717, 1.165) is 5.56 Å². The predicted molar refractivity (Wildman–Crippen MR) is 103 cm³/mol. The van der Waals surface area contributed by atoms with Gasteiger partial charge in [0.25, 0.3) is 0 Å². The molecule has 2 aromatic carbocycles. The number of ether oxygens (including phenoxy) is 1. The topological polar surface area (TPSA) is 79.8 Å². The van der Waals surface area contributed by atoms with Crippen molar-refractivity contribution >= 4 is 35.3 Å². The van der Waals surface area contributed by atoms with E-state index in [4.69, 9.17) is 16.3 Å². The van der Waals surface area contributed by atoms with E-state index in [1.54, 1.807) is 55.5 Å². The van der Waals surface area contributed by atoms with Gasteiger partial charge in [-0.05, 0) is 54.4 Å². The van der Waals surface area contributed by atoms with Gasteiger partial charge in [0, 0.05) is 10.7 Å². The average Bonchev–Trinajstić information content (AvgIpc) is 2.64. The maximum absolute atomic E-state index is 11.9. The Hall–Kier alpha value is -3.12. The molecule has 7 heteroatoms. The summed E-state index contributed by atoms with van der Waals surface area (Å²) in [5.41, 5.74) is 4.06. The summed E-state index contributed by atoms with van der Waals surface area (Å²) in [4.78, 5) is 23.7. The molecule has 2 N–H and O–H groups in total. The van der Waals surface area contributed by atoms with Gasteiger partial charge in [0.1, 0.15) is 12.4 Å². The van der Waals surface area contributed by atoms with Gasteiger partial charge in [-0.2, -0.15) is 5.10 Å². The van der Waals surface area contributed by atoms with Crippen molar-refractivity contribution in [3.05, 3.63) is 71.3 Å². The highest BCUT2D eigenvalue weighted by Gasteiger charge is 2.14. The van der Waals surface area contributed by atoms with Crippen molar-refractivity contribution in [2.24, 2.45) is 5.10 Å². The Bertz CT molecular complexity index is 832. The third-order valence-corrected chi connectivity index (χ3v) is 3.76. The minimum absolute atomic E-state index is 0.421. The molecular weight excluding hydrogens is 354 g/mol. The molecule has 0 aliphatic heterocycles. The Kier molecular flexibility index (Phi) is 6.93. The van der Waals surface area contributed by atoms with Crippen LogP contribution in [-0.4, -0.2) is 24.6 Å². The third-order valence-electron chi connectivity index (χ3n) is 3.35.